The minimum atomic E-state index is -0.340. The molecule has 2 rings (SSSR count). The SMILES string of the molecule is CC(C)n1nnnc1COc1cccc(C(=O)NCC(=O)N(C)C)c1. The summed E-state index contributed by atoms with van der Waals surface area (Å²) in [6, 6.07) is 6.84. The van der Waals surface area contributed by atoms with Gasteiger partial charge >= 0.3 is 0 Å². The van der Waals surface area contributed by atoms with E-state index in [0.717, 1.165) is 0 Å². The van der Waals surface area contributed by atoms with Crippen LogP contribution in [0, 0.1) is 0 Å². The predicted octanol–water partition coefficient (Wildman–Crippen LogP) is 0.651. The molecule has 2 amide bonds. The van der Waals surface area contributed by atoms with E-state index in [1.54, 1.807) is 43.0 Å². The highest BCUT2D eigenvalue weighted by atomic mass is 16.5. The third-order valence-corrected chi connectivity index (χ3v) is 3.41. The number of hydrogen-bond acceptors (Lipinski definition) is 6. The van der Waals surface area contributed by atoms with E-state index >= 15 is 0 Å². The highest BCUT2D eigenvalue weighted by molar-refractivity contribution is 5.96. The van der Waals surface area contributed by atoms with Crippen LogP contribution in [-0.2, 0) is 11.4 Å². The standard InChI is InChI=1S/C16H22N6O3/c1-11(2)22-14(18-19-20-22)10-25-13-7-5-6-12(8-13)16(24)17-9-15(23)21(3)4/h5-8,11H,9-10H2,1-4H3,(H,17,24). The average molecular weight is 346 g/mol. The molecule has 1 aromatic carbocycles. The van der Waals surface area contributed by atoms with Crippen molar-refractivity contribution in [3.8, 4) is 5.75 Å². The Bertz CT molecular complexity index is 741. The number of nitrogens with zero attached hydrogens (tertiary/aromatic N) is 5. The Balaban J connectivity index is 1.97. The molecule has 9 nitrogen and oxygen atoms in total. The van der Waals surface area contributed by atoms with Crippen LogP contribution in [0.2, 0.25) is 0 Å². The normalized spacial score (nSPS) is 10.6. The first kappa shape index (κ1) is 18.4. The molecule has 0 aliphatic carbocycles. The maximum absolute atomic E-state index is 12.1. The Morgan fingerprint density at radius 3 is 2.76 bits per heavy atom. The second-order valence-corrected chi connectivity index (χ2v) is 5.92. The Labute approximate surface area is 146 Å². The van der Waals surface area contributed by atoms with Crippen LogP contribution in [-0.4, -0.2) is 57.6 Å². The first-order chi connectivity index (χ1) is 11.9. The monoisotopic (exact) mass is 346 g/mol. The van der Waals surface area contributed by atoms with Crippen LogP contribution in [0.1, 0.15) is 36.1 Å². The number of amides is 2. The van der Waals surface area contributed by atoms with Gasteiger partial charge in [-0.05, 0) is 42.5 Å². The first-order valence-electron chi connectivity index (χ1n) is 7.86. The van der Waals surface area contributed by atoms with Gasteiger partial charge in [0.2, 0.25) is 5.91 Å². The number of hydrogen-bond donors (Lipinski definition) is 1. The van der Waals surface area contributed by atoms with Gasteiger partial charge in [-0.2, -0.15) is 0 Å². The molecule has 0 aliphatic heterocycles. The topological polar surface area (TPSA) is 102 Å². The molecule has 0 bridgehead atoms. The molecule has 9 heteroatoms. The highest BCUT2D eigenvalue weighted by Crippen LogP contribution is 2.15. The lowest BCUT2D eigenvalue weighted by Crippen LogP contribution is -2.36. The molecule has 134 valence electrons. The van der Waals surface area contributed by atoms with E-state index in [9.17, 15) is 9.59 Å². The molecule has 0 fully saturated rings. The fourth-order valence-corrected chi connectivity index (χ4v) is 2.00. The van der Waals surface area contributed by atoms with Crippen LogP contribution in [0.15, 0.2) is 24.3 Å². The average Bonchev–Trinajstić information content (AvgIpc) is 3.06. The van der Waals surface area contributed by atoms with E-state index in [-0.39, 0.29) is 31.0 Å². The van der Waals surface area contributed by atoms with Gasteiger partial charge in [0.15, 0.2) is 5.82 Å². The third kappa shape index (κ3) is 5.00. The van der Waals surface area contributed by atoms with Gasteiger partial charge < -0.3 is 15.0 Å². The number of nitrogens with one attached hydrogen (secondary N) is 1. The molecule has 25 heavy (non-hydrogen) atoms. The molecule has 1 N–H and O–H groups in total. The molecule has 0 saturated carbocycles. The van der Waals surface area contributed by atoms with Crippen LogP contribution in [0.3, 0.4) is 0 Å². The number of carbonyl (C=O) groups excluding carboxylic acids is 2. The quantitative estimate of drug-likeness (QED) is 0.790. The number of likely N-dealkylation sites (N-methyl/N-ethyl adjacent to an activating group) is 1. The van der Waals surface area contributed by atoms with Crippen molar-refractivity contribution in [1.82, 2.24) is 30.4 Å². The molecule has 2 aromatic rings. The zero-order valence-electron chi connectivity index (χ0n) is 14.8. The fraction of sp³-hybridized carbons (Fsp3) is 0.438. The van der Waals surface area contributed by atoms with Gasteiger partial charge in [0.25, 0.3) is 5.91 Å². The van der Waals surface area contributed by atoms with Crippen molar-refractivity contribution in [2.45, 2.75) is 26.5 Å². The van der Waals surface area contributed by atoms with E-state index in [1.165, 1.54) is 4.90 Å². The van der Waals surface area contributed by atoms with Gasteiger partial charge in [0, 0.05) is 19.7 Å². The Hall–Kier alpha value is -2.97. The van der Waals surface area contributed by atoms with Crippen molar-refractivity contribution in [1.29, 1.82) is 0 Å². The maximum atomic E-state index is 12.1. The van der Waals surface area contributed by atoms with E-state index in [4.69, 9.17) is 4.74 Å². The lowest BCUT2D eigenvalue weighted by atomic mass is 10.2. The smallest absolute Gasteiger partial charge is 0.251 e. The second-order valence-electron chi connectivity index (χ2n) is 5.92. The summed E-state index contributed by atoms with van der Waals surface area (Å²) in [6.45, 7) is 4.08. The minimum absolute atomic E-state index is 0.0555. The molecule has 0 saturated heterocycles. The molecular formula is C16H22N6O3. The Morgan fingerprint density at radius 1 is 1.32 bits per heavy atom. The van der Waals surface area contributed by atoms with Crippen LogP contribution >= 0.6 is 0 Å². The largest absolute Gasteiger partial charge is 0.486 e. The third-order valence-electron chi connectivity index (χ3n) is 3.41. The number of rotatable bonds is 7. The van der Waals surface area contributed by atoms with Gasteiger partial charge in [-0.3, -0.25) is 9.59 Å². The van der Waals surface area contributed by atoms with E-state index in [0.29, 0.717) is 17.1 Å². The first-order valence-corrected chi connectivity index (χ1v) is 7.86. The molecule has 0 unspecified atom stereocenters. The predicted molar refractivity (Wildman–Crippen MR) is 90.0 cm³/mol. The molecule has 0 radical (unpaired) electrons. The minimum Gasteiger partial charge on any atom is -0.486 e. The Kier molecular flexibility index (Phi) is 6.04. The molecule has 0 spiro atoms. The second kappa shape index (κ2) is 8.22. The van der Waals surface area contributed by atoms with E-state index in [1.807, 2.05) is 13.8 Å². The maximum Gasteiger partial charge on any atom is 0.251 e. The van der Waals surface area contributed by atoms with Crippen LogP contribution in [0.5, 0.6) is 5.75 Å². The van der Waals surface area contributed by atoms with E-state index < -0.39 is 0 Å². The molecule has 0 aliphatic rings. The van der Waals surface area contributed by atoms with Crippen LogP contribution in [0.4, 0.5) is 0 Å². The van der Waals surface area contributed by atoms with Crippen LogP contribution < -0.4 is 10.1 Å². The van der Waals surface area contributed by atoms with Gasteiger partial charge in [-0.15, -0.1) is 5.10 Å². The summed E-state index contributed by atoms with van der Waals surface area (Å²) < 4.78 is 7.35. The molecular weight excluding hydrogens is 324 g/mol. The highest BCUT2D eigenvalue weighted by Gasteiger charge is 2.12. The number of tetrazole rings is 1. The van der Waals surface area contributed by atoms with Crippen molar-refractivity contribution in [3.63, 3.8) is 0 Å². The van der Waals surface area contributed by atoms with Gasteiger partial charge in [0.05, 0.1) is 12.6 Å². The molecule has 1 aromatic heterocycles. The lowest BCUT2D eigenvalue weighted by Gasteiger charge is -2.12. The number of aromatic nitrogens is 4. The van der Waals surface area contributed by atoms with Crippen molar-refractivity contribution in [3.05, 3.63) is 35.7 Å². The van der Waals surface area contributed by atoms with Crippen molar-refractivity contribution in [2.24, 2.45) is 0 Å². The molecule has 1 heterocycles. The van der Waals surface area contributed by atoms with Crippen molar-refractivity contribution >= 4 is 11.8 Å². The zero-order valence-corrected chi connectivity index (χ0v) is 14.8. The number of carbonyl (C=O) groups is 2. The summed E-state index contributed by atoms with van der Waals surface area (Å²) in [6.07, 6.45) is 0. The van der Waals surface area contributed by atoms with Gasteiger partial charge in [-0.25, -0.2) is 4.68 Å². The summed E-state index contributed by atoms with van der Waals surface area (Å²) in [5.41, 5.74) is 0.410. The summed E-state index contributed by atoms with van der Waals surface area (Å²) >= 11 is 0. The lowest BCUT2D eigenvalue weighted by molar-refractivity contribution is -0.127. The number of benzene rings is 1. The fourth-order valence-electron chi connectivity index (χ4n) is 2.00. The molecule has 0 atom stereocenters. The summed E-state index contributed by atoms with van der Waals surface area (Å²) in [5.74, 6) is 0.597. The summed E-state index contributed by atoms with van der Waals surface area (Å²) in [5, 5.41) is 14.1. The van der Waals surface area contributed by atoms with Gasteiger partial charge in [-0.1, -0.05) is 6.07 Å². The van der Waals surface area contributed by atoms with Gasteiger partial charge in [0.1, 0.15) is 12.4 Å². The van der Waals surface area contributed by atoms with Crippen molar-refractivity contribution < 1.29 is 14.3 Å². The summed E-state index contributed by atoms with van der Waals surface area (Å²) in [4.78, 5) is 25.1. The van der Waals surface area contributed by atoms with E-state index in [2.05, 4.69) is 20.8 Å². The van der Waals surface area contributed by atoms with Crippen LogP contribution in [0.25, 0.3) is 0 Å². The summed E-state index contributed by atoms with van der Waals surface area (Å²) in [7, 11) is 3.27. The van der Waals surface area contributed by atoms with Crippen molar-refractivity contribution in [2.75, 3.05) is 20.6 Å². The number of ether oxygens (including phenoxy) is 1. The Morgan fingerprint density at radius 2 is 2.08 bits per heavy atom. The zero-order chi connectivity index (χ0) is 18.4.